The Morgan fingerprint density at radius 2 is 1.23 bits per heavy atom. The summed E-state index contributed by atoms with van der Waals surface area (Å²) in [5, 5.41) is 0. The van der Waals surface area contributed by atoms with Gasteiger partial charge in [0.2, 0.25) is 0 Å². The van der Waals surface area contributed by atoms with Crippen LogP contribution >= 0.6 is 0 Å². The number of carbonyl (C=O) groups excluding carboxylic acids is 1. The molecule has 1 aromatic rings. The molecule has 0 radical (unpaired) electrons. The molecule has 1 rings (SSSR count). The summed E-state index contributed by atoms with van der Waals surface area (Å²) in [4.78, 5) is 11.9. The van der Waals surface area contributed by atoms with Gasteiger partial charge in [-0.25, -0.2) is 0 Å². The van der Waals surface area contributed by atoms with E-state index in [-0.39, 0.29) is 12.2 Å². The lowest BCUT2D eigenvalue weighted by Crippen LogP contribution is -2.10. The minimum absolute atomic E-state index is 0.0485. The number of alkyl halides is 3. The molecule has 0 saturated heterocycles. The van der Waals surface area contributed by atoms with Crippen molar-refractivity contribution in [3.63, 3.8) is 0 Å². The predicted octanol–water partition coefficient (Wildman–Crippen LogP) is 9.40. The number of ether oxygens (including phenoxy) is 1. The van der Waals surface area contributed by atoms with E-state index in [2.05, 4.69) is 67.7 Å². The summed E-state index contributed by atoms with van der Waals surface area (Å²) in [5.74, 6) is -0.598. The Morgan fingerprint density at radius 1 is 0.771 bits per heavy atom. The molecule has 0 amide bonds. The van der Waals surface area contributed by atoms with E-state index in [4.69, 9.17) is 4.74 Å². The molecule has 1 aromatic carbocycles. The first-order valence-corrected chi connectivity index (χ1v) is 12.1. The molecule has 0 atom stereocenters. The van der Waals surface area contributed by atoms with Crippen LogP contribution in [0.4, 0.5) is 13.2 Å². The molecular formula is C30H37F3O2. The van der Waals surface area contributed by atoms with Crippen LogP contribution < -0.4 is 4.74 Å². The van der Waals surface area contributed by atoms with E-state index in [1.54, 1.807) is 6.92 Å². The first-order valence-electron chi connectivity index (χ1n) is 12.1. The number of hydrogen-bond donors (Lipinski definition) is 0. The number of carbonyl (C=O) groups is 1. The van der Waals surface area contributed by atoms with Gasteiger partial charge in [0.1, 0.15) is 5.75 Å². The van der Waals surface area contributed by atoms with Gasteiger partial charge in [-0.05, 0) is 69.6 Å². The average molecular weight is 487 g/mol. The topological polar surface area (TPSA) is 26.3 Å². The Morgan fingerprint density at radius 3 is 1.69 bits per heavy atom. The van der Waals surface area contributed by atoms with Crippen molar-refractivity contribution >= 4 is 5.97 Å². The summed E-state index contributed by atoms with van der Waals surface area (Å²) < 4.78 is 43.6. The lowest BCUT2D eigenvalue weighted by Gasteiger charge is -2.11. The maximum absolute atomic E-state index is 12.8. The molecule has 0 bridgehead atoms. The monoisotopic (exact) mass is 486 g/mol. The van der Waals surface area contributed by atoms with Crippen molar-refractivity contribution in [3.8, 4) is 5.75 Å². The summed E-state index contributed by atoms with van der Waals surface area (Å²) >= 11 is 0. The quantitative estimate of drug-likeness (QED) is 0.140. The van der Waals surface area contributed by atoms with E-state index in [9.17, 15) is 18.0 Å². The molecule has 35 heavy (non-hydrogen) atoms. The molecule has 0 unspecified atom stereocenters. The van der Waals surface area contributed by atoms with Gasteiger partial charge in [0, 0.05) is 6.42 Å². The van der Waals surface area contributed by atoms with Crippen molar-refractivity contribution < 1.29 is 22.7 Å². The molecule has 5 heteroatoms. The van der Waals surface area contributed by atoms with Crippen LogP contribution in [0.15, 0.2) is 91.1 Å². The molecule has 0 saturated carbocycles. The highest BCUT2D eigenvalue weighted by Gasteiger charge is 2.31. The number of allylic oxidation sites excluding steroid dienone is 12. The zero-order valence-corrected chi connectivity index (χ0v) is 20.8. The van der Waals surface area contributed by atoms with Crippen molar-refractivity contribution in [2.75, 3.05) is 0 Å². The van der Waals surface area contributed by atoms with E-state index in [1.165, 1.54) is 6.07 Å². The Balaban J connectivity index is 2.16. The number of rotatable bonds is 15. The highest BCUT2D eigenvalue weighted by Crippen LogP contribution is 2.33. The van der Waals surface area contributed by atoms with E-state index in [0.29, 0.717) is 12.0 Å². The first kappa shape index (κ1) is 30.0. The minimum atomic E-state index is -4.47. The summed E-state index contributed by atoms with van der Waals surface area (Å²) in [6.45, 7) is 3.74. The standard InChI is InChI=1S/C30H37F3O2/c1-3-4-5-6-7-8-9-10-11-12-13-14-15-16-17-18-19-20-21-22-29(34)35-28-25-27(30(31,32)33)24-23-26(28)2/h4-5,7-8,10-11,13-14,16-17,19-20,23-25H,3,6,9,12,15,18,21-22H2,1-2H3/b5-4-,8-7-,11-10-,14-13-,17-16-,20-19-. The lowest BCUT2D eigenvalue weighted by molar-refractivity contribution is -0.139. The highest BCUT2D eigenvalue weighted by molar-refractivity contribution is 5.73. The van der Waals surface area contributed by atoms with Crippen LogP contribution in [0.1, 0.15) is 69.4 Å². The van der Waals surface area contributed by atoms with Gasteiger partial charge in [-0.2, -0.15) is 13.2 Å². The average Bonchev–Trinajstić information content (AvgIpc) is 2.81. The minimum Gasteiger partial charge on any atom is -0.426 e. The van der Waals surface area contributed by atoms with Crippen molar-refractivity contribution in [2.45, 2.75) is 71.4 Å². The van der Waals surface area contributed by atoms with Gasteiger partial charge in [0.25, 0.3) is 0 Å². The van der Waals surface area contributed by atoms with Crippen LogP contribution in [0.3, 0.4) is 0 Å². The smallest absolute Gasteiger partial charge is 0.416 e. The summed E-state index contributed by atoms with van der Waals surface area (Å²) in [7, 11) is 0. The van der Waals surface area contributed by atoms with Gasteiger partial charge in [-0.1, -0.05) is 85.9 Å². The van der Waals surface area contributed by atoms with Crippen molar-refractivity contribution in [2.24, 2.45) is 0 Å². The Bertz CT molecular complexity index is 916. The molecule has 0 aliphatic carbocycles. The fourth-order valence-electron chi connectivity index (χ4n) is 2.90. The second kappa shape index (κ2) is 18.3. The second-order valence-corrected chi connectivity index (χ2v) is 7.91. The van der Waals surface area contributed by atoms with E-state index < -0.39 is 17.7 Å². The zero-order chi connectivity index (χ0) is 25.8. The molecule has 0 aliphatic heterocycles. The fraction of sp³-hybridized carbons (Fsp3) is 0.367. The number of halogens is 3. The number of hydrogen-bond acceptors (Lipinski definition) is 2. The molecule has 2 nitrogen and oxygen atoms in total. The normalized spacial score (nSPS) is 13.1. The molecule has 0 spiro atoms. The molecule has 0 aromatic heterocycles. The number of esters is 1. The maximum atomic E-state index is 12.8. The second-order valence-electron chi connectivity index (χ2n) is 7.91. The Hall–Kier alpha value is -3.08. The zero-order valence-electron chi connectivity index (χ0n) is 20.8. The van der Waals surface area contributed by atoms with Gasteiger partial charge in [0.05, 0.1) is 5.56 Å². The summed E-state index contributed by atoms with van der Waals surface area (Å²) in [5.41, 5.74) is -0.344. The van der Waals surface area contributed by atoms with E-state index >= 15 is 0 Å². The SMILES string of the molecule is CC/C=C\C/C=C\C/C=C\C/C=C\C/C=C\C/C=C\CCC(=O)Oc1cc(C(F)(F)F)ccc1C. The summed E-state index contributed by atoms with van der Waals surface area (Å²) in [6, 6.07) is 3.14. The molecule has 0 aliphatic rings. The van der Waals surface area contributed by atoms with Crippen molar-refractivity contribution in [3.05, 3.63) is 102 Å². The largest absolute Gasteiger partial charge is 0.426 e. The van der Waals surface area contributed by atoms with Crippen LogP contribution in [0, 0.1) is 6.92 Å². The van der Waals surface area contributed by atoms with Gasteiger partial charge in [-0.15, -0.1) is 0 Å². The highest BCUT2D eigenvalue weighted by atomic mass is 19.4. The number of aryl methyl sites for hydroxylation is 1. The van der Waals surface area contributed by atoms with E-state index in [1.807, 2.05) is 12.2 Å². The molecular weight excluding hydrogens is 449 g/mol. The van der Waals surface area contributed by atoms with Gasteiger partial charge < -0.3 is 4.74 Å². The van der Waals surface area contributed by atoms with Crippen molar-refractivity contribution in [1.29, 1.82) is 0 Å². The molecule has 190 valence electrons. The third kappa shape index (κ3) is 15.4. The van der Waals surface area contributed by atoms with Crippen LogP contribution in [0.2, 0.25) is 0 Å². The van der Waals surface area contributed by atoms with Crippen LogP contribution in [0.5, 0.6) is 5.75 Å². The molecule has 0 N–H and O–H groups in total. The van der Waals surface area contributed by atoms with Gasteiger partial charge in [0.15, 0.2) is 0 Å². The first-order chi connectivity index (χ1) is 16.8. The third-order valence-electron chi connectivity index (χ3n) is 4.85. The van der Waals surface area contributed by atoms with Gasteiger partial charge >= 0.3 is 12.1 Å². The summed E-state index contributed by atoms with van der Waals surface area (Å²) in [6.07, 6.45) is 27.0. The van der Waals surface area contributed by atoms with Crippen molar-refractivity contribution in [1.82, 2.24) is 0 Å². The Labute approximate surface area is 208 Å². The lowest BCUT2D eigenvalue weighted by atomic mass is 10.1. The fourth-order valence-corrected chi connectivity index (χ4v) is 2.90. The molecule has 0 heterocycles. The van der Waals surface area contributed by atoms with Crippen LogP contribution in [-0.2, 0) is 11.0 Å². The Kier molecular flexibility index (Phi) is 15.6. The van der Waals surface area contributed by atoms with Crippen LogP contribution in [-0.4, -0.2) is 5.97 Å². The van der Waals surface area contributed by atoms with Gasteiger partial charge in [-0.3, -0.25) is 4.79 Å². The maximum Gasteiger partial charge on any atom is 0.416 e. The predicted molar refractivity (Wildman–Crippen MR) is 139 cm³/mol. The third-order valence-corrected chi connectivity index (χ3v) is 4.85. The molecule has 0 fully saturated rings. The van der Waals surface area contributed by atoms with Crippen LogP contribution in [0.25, 0.3) is 0 Å². The number of benzene rings is 1. The van der Waals surface area contributed by atoms with E-state index in [0.717, 1.165) is 50.7 Å².